The first kappa shape index (κ1) is 42.1. The molecule has 0 unspecified atom stereocenters. The van der Waals surface area contributed by atoms with E-state index in [0.29, 0.717) is 18.1 Å². The van der Waals surface area contributed by atoms with Crippen molar-refractivity contribution in [1.29, 1.82) is 0 Å². The quantitative estimate of drug-likeness (QED) is 0.178. The highest BCUT2D eigenvalue weighted by Crippen LogP contribution is 2.42. The lowest BCUT2D eigenvalue weighted by Gasteiger charge is -2.50. The van der Waals surface area contributed by atoms with Gasteiger partial charge in [0.2, 0.25) is 0 Å². The number of aliphatic hydroxyl groups is 3. The molecule has 2 heterocycles. The molecule has 2 aliphatic rings. The first-order valence-corrected chi connectivity index (χ1v) is 17.5. The number of hydrogen-bond acceptors (Lipinski definition) is 9. The maximum atomic E-state index is 13.5. The molecule has 1 saturated heterocycles. The van der Waals surface area contributed by atoms with Gasteiger partial charge < -0.3 is 34.6 Å². The maximum absolute atomic E-state index is 13.5. The normalized spacial score (nSPS) is 34.3. The van der Waals surface area contributed by atoms with Crippen molar-refractivity contribution in [2.75, 3.05) is 0 Å². The van der Waals surface area contributed by atoms with Crippen LogP contribution in [0.4, 0.5) is 0 Å². The Kier molecular flexibility index (Phi) is 15.7. The molecule has 4 N–H and O–H groups in total. The van der Waals surface area contributed by atoms with Crippen molar-refractivity contribution >= 4 is 17.9 Å². The zero-order chi connectivity index (χ0) is 37.4. The maximum Gasteiger partial charge on any atom is 0.334 e. The summed E-state index contributed by atoms with van der Waals surface area (Å²) in [6, 6.07) is 0. The predicted octanol–water partition coefficient (Wildman–Crippen LogP) is 5.92. The molecule has 1 fully saturated rings. The Labute approximate surface area is 292 Å². The van der Waals surface area contributed by atoms with E-state index in [0.717, 1.165) is 17.2 Å². The van der Waals surface area contributed by atoms with Crippen molar-refractivity contribution in [2.45, 2.75) is 125 Å². The first-order valence-electron chi connectivity index (χ1n) is 17.5. The average molecular weight is 689 g/mol. The van der Waals surface area contributed by atoms with Gasteiger partial charge in [0.1, 0.15) is 12.2 Å². The number of ether oxygens (including phenoxy) is 3. The minimum atomic E-state index is -1.92. The molecular weight excluding hydrogens is 628 g/mol. The van der Waals surface area contributed by atoms with Gasteiger partial charge in [0.15, 0.2) is 5.79 Å². The van der Waals surface area contributed by atoms with Crippen LogP contribution in [0.2, 0.25) is 0 Å². The Hall–Kier alpha value is -3.05. The molecule has 0 radical (unpaired) electrons. The topological polar surface area (TPSA) is 160 Å². The summed E-state index contributed by atoms with van der Waals surface area (Å²) in [7, 11) is 0. The number of hydrogen-bond donors (Lipinski definition) is 4. The predicted molar refractivity (Wildman–Crippen MR) is 188 cm³/mol. The fourth-order valence-electron chi connectivity index (χ4n) is 7.10. The molecule has 276 valence electrons. The van der Waals surface area contributed by atoms with Crippen LogP contribution in [-0.4, -0.2) is 74.6 Å². The zero-order valence-electron chi connectivity index (χ0n) is 31.1. The smallest absolute Gasteiger partial charge is 0.334 e. The number of rotatable bonds is 8. The van der Waals surface area contributed by atoms with Crippen LogP contribution in [-0.2, 0) is 28.6 Å². The van der Waals surface area contributed by atoms with Crippen molar-refractivity contribution in [1.82, 2.24) is 0 Å². The highest BCUT2D eigenvalue weighted by molar-refractivity contribution is 5.90. The van der Waals surface area contributed by atoms with Gasteiger partial charge in [0.25, 0.3) is 0 Å². The summed E-state index contributed by atoms with van der Waals surface area (Å²) in [5.74, 6) is -7.09. The molecule has 0 saturated carbocycles. The van der Waals surface area contributed by atoms with Crippen LogP contribution in [0.5, 0.6) is 0 Å². The van der Waals surface area contributed by atoms with Gasteiger partial charge in [0.05, 0.1) is 18.3 Å². The minimum Gasteiger partial charge on any atom is -0.478 e. The third-order valence-corrected chi connectivity index (χ3v) is 10.1. The second kappa shape index (κ2) is 18.3. The Balaban J connectivity index is 2.47. The van der Waals surface area contributed by atoms with Gasteiger partial charge in [-0.25, -0.2) is 14.4 Å². The van der Waals surface area contributed by atoms with Crippen LogP contribution in [0, 0.1) is 41.4 Å². The Morgan fingerprint density at radius 1 is 1.02 bits per heavy atom. The molecule has 12 atom stereocenters. The standard InChI is InChI=1S/C39H60O10/c1-21(2)36-28(9)31(47-33(42)16-15-32(40)41)20-39(46,49-36)30(11)35(44)29(10)37-24(5)14-12-13-22(3)17-25(6)34(43)26(7)18-23(4)19-27(8)38(45)48-37/h12-16,18-19,21,24-26,28-31,34-37,43-44,46H,17,20H2,1-11H3,(H,40,41)/b14-12?,16-15+,22-13?,23-18?,27-19?/t24-,25-,26+,28-,29-,30-,31+,34-,35+,36+,37-,39+/m0/s1. The van der Waals surface area contributed by atoms with Crippen molar-refractivity contribution < 1.29 is 49.0 Å². The fourth-order valence-corrected chi connectivity index (χ4v) is 7.10. The van der Waals surface area contributed by atoms with E-state index in [-0.39, 0.29) is 36.0 Å². The molecule has 0 spiro atoms. The third kappa shape index (κ3) is 11.8. The minimum absolute atomic E-state index is 0.0175. The number of carboxylic acid groups (broad SMARTS) is 1. The summed E-state index contributed by atoms with van der Waals surface area (Å²) in [4.78, 5) is 36.8. The third-order valence-electron chi connectivity index (χ3n) is 10.1. The second-order valence-corrected chi connectivity index (χ2v) is 14.9. The fraction of sp³-hybridized carbons (Fsp3) is 0.667. The van der Waals surface area contributed by atoms with Gasteiger partial charge in [-0.15, -0.1) is 0 Å². The van der Waals surface area contributed by atoms with Gasteiger partial charge in [-0.1, -0.05) is 90.8 Å². The lowest BCUT2D eigenvalue weighted by Crippen LogP contribution is -2.59. The van der Waals surface area contributed by atoms with Gasteiger partial charge in [-0.3, -0.25) is 0 Å². The van der Waals surface area contributed by atoms with Crippen LogP contribution >= 0.6 is 0 Å². The Morgan fingerprint density at radius 2 is 1.65 bits per heavy atom. The molecule has 49 heavy (non-hydrogen) atoms. The van der Waals surface area contributed by atoms with E-state index in [1.54, 1.807) is 26.8 Å². The summed E-state index contributed by atoms with van der Waals surface area (Å²) in [6.45, 7) is 20.5. The number of esters is 2. The van der Waals surface area contributed by atoms with Crippen LogP contribution in [0.25, 0.3) is 0 Å². The lowest BCUT2D eigenvalue weighted by atomic mass is 9.75. The highest BCUT2D eigenvalue weighted by Gasteiger charge is 2.52. The molecule has 2 aliphatic heterocycles. The Morgan fingerprint density at radius 3 is 2.24 bits per heavy atom. The van der Waals surface area contributed by atoms with E-state index in [4.69, 9.17) is 19.3 Å². The van der Waals surface area contributed by atoms with Gasteiger partial charge in [-0.2, -0.15) is 0 Å². The first-order chi connectivity index (χ1) is 22.7. The lowest BCUT2D eigenvalue weighted by molar-refractivity contribution is -0.329. The zero-order valence-corrected chi connectivity index (χ0v) is 31.1. The number of carbonyl (C=O) groups is 3. The van der Waals surface area contributed by atoms with E-state index in [1.807, 2.05) is 79.7 Å². The average Bonchev–Trinajstić information content (AvgIpc) is 3.01. The van der Waals surface area contributed by atoms with E-state index in [9.17, 15) is 29.7 Å². The largest absolute Gasteiger partial charge is 0.478 e. The number of carbonyl (C=O) groups excluding carboxylic acids is 2. The summed E-state index contributed by atoms with van der Waals surface area (Å²) < 4.78 is 18.0. The Bertz CT molecular complexity index is 1310. The van der Waals surface area contributed by atoms with Crippen LogP contribution < -0.4 is 0 Å². The van der Waals surface area contributed by atoms with E-state index < -0.39 is 66.1 Å². The van der Waals surface area contributed by atoms with Gasteiger partial charge >= 0.3 is 17.9 Å². The molecule has 0 aromatic carbocycles. The molecule has 10 nitrogen and oxygen atoms in total. The van der Waals surface area contributed by atoms with E-state index in [2.05, 4.69) is 0 Å². The molecule has 0 bridgehead atoms. The molecule has 10 heteroatoms. The number of cyclic esters (lactones) is 1. The molecule has 0 aromatic heterocycles. The van der Waals surface area contributed by atoms with Crippen molar-refractivity contribution in [3.05, 3.63) is 59.3 Å². The van der Waals surface area contributed by atoms with Crippen molar-refractivity contribution in [2.24, 2.45) is 41.4 Å². The number of allylic oxidation sites excluding steroid dienone is 5. The molecule has 2 rings (SSSR count). The summed E-state index contributed by atoms with van der Waals surface area (Å²) in [6.07, 6.45) is 7.59. The van der Waals surface area contributed by atoms with Crippen LogP contribution in [0.1, 0.15) is 89.0 Å². The molecule has 0 aromatic rings. The summed E-state index contributed by atoms with van der Waals surface area (Å²) in [5.41, 5.74) is 2.27. The SMILES string of the molecule is CC1=C[C@@H](C)[C@@H](O)[C@@H](C)CC(C)=CC=C[C@H](C)[C@@H]([C@@H](C)[C@@H](O)[C@H](C)[C@@]2(O)C[C@@H](OC(=O)/C=C/C(=O)O)[C@H](C)[C@@H](C(C)C)O2)OC(=O)C(C)=C1. The van der Waals surface area contributed by atoms with Crippen LogP contribution in [0.3, 0.4) is 0 Å². The molecule has 0 amide bonds. The monoisotopic (exact) mass is 688 g/mol. The van der Waals surface area contributed by atoms with Gasteiger partial charge in [0, 0.05) is 53.7 Å². The molecule has 0 aliphatic carbocycles. The number of carboxylic acids is 1. The van der Waals surface area contributed by atoms with Crippen LogP contribution in [0.15, 0.2) is 59.3 Å². The summed E-state index contributed by atoms with van der Waals surface area (Å²) >= 11 is 0. The van der Waals surface area contributed by atoms with E-state index >= 15 is 0 Å². The number of aliphatic carboxylic acids is 1. The van der Waals surface area contributed by atoms with Gasteiger partial charge in [-0.05, 0) is 45.1 Å². The van der Waals surface area contributed by atoms with Crippen molar-refractivity contribution in [3.63, 3.8) is 0 Å². The van der Waals surface area contributed by atoms with Crippen molar-refractivity contribution in [3.8, 4) is 0 Å². The summed E-state index contributed by atoms with van der Waals surface area (Å²) in [5, 5.41) is 43.6. The van der Waals surface area contributed by atoms with E-state index in [1.165, 1.54) is 0 Å². The number of aliphatic hydroxyl groups excluding tert-OH is 2. The highest BCUT2D eigenvalue weighted by atomic mass is 16.6. The molecular formula is C39H60O10. The second-order valence-electron chi connectivity index (χ2n) is 14.9.